The van der Waals surface area contributed by atoms with Crippen LogP contribution >= 0.6 is 0 Å². The van der Waals surface area contributed by atoms with E-state index in [0.717, 1.165) is 0 Å². The predicted octanol–water partition coefficient (Wildman–Crippen LogP) is 3.49. The third kappa shape index (κ3) is 4.56. The summed E-state index contributed by atoms with van der Waals surface area (Å²) in [6, 6.07) is 0. The van der Waals surface area contributed by atoms with E-state index in [4.69, 9.17) is 0 Å². The molecular weight excluding hydrogens is 231 g/mol. The highest BCUT2D eigenvalue weighted by atomic mass is 19.4. The standard InChI is InChI=1S/C5H2F9/c6-3(7,8)1-2(4(9,10)11)5(12,13)14/h1-2H. The summed E-state index contributed by atoms with van der Waals surface area (Å²) in [5.41, 5.74) is 0. The molecule has 0 aromatic heterocycles. The lowest BCUT2D eigenvalue weighted by molar-refractivity contribution is -0.286. The van der Waals surface area contributed by atoms with Crippen LogP contribution in [-0.2, 0) is 0 Å². The number of alkyl halides is 9. The van der Waals surface area contributed by atoms with Crippen molar-refractivity contribution in [1.82, 2.24) is 0 Å². The molecule has 0 N–H and O–H groups in total. The van der Waals surface area contributed by atoms with Gasteiger partial charge in [-0.25, -0.2) is 0 Å². The minimum Gasteiger partial charge on any atom is -0.171 e. The number of hydrogen-bond acceptors (Lipinski definition) is 0. The summed E-state index contributed by atoms with van der Waals surface area (Å²) >= 11 is 0. The molecule has 1 radical (unpaired) electrons. The van der Waals surface area contributed by atoms with Gasteiger partial charge in [-0.2, -0.15) is 39.5 Å². The van der Waals surface area contributed by atoms with Gasteiger partial charge in [0, 0.05) is 0 Å². The van der Waals surface area contributed by atoms with Crippen LogP contribution in [-0.4, -0.2) is 18.5 Å². The molecule has 0 aromatic carbocycles. The van der Waals surface area contributed by atoms with E-state index in [1.54, 1.807) is 0 Å². The maximum Gasteiger partial charge on any atom is 0.401 e. The average molecular weight is 233 g/mol. The summed E-state index contributed by atoms with van der Waals surface area (Å²) in [7, 11) is 0. The Kier molecular flexibility index (Phi) is 3.34. The van der Waals surface area contributed by atoms with E-state index in [-0.39, 0.29) is 0 Å². The Morgan fingerprint density at radius 1 is 0.643 bits per heavy atom. The van der Waals surface area contributed by atoms with Gasteiger partial charge in [0.1, 0.15) is 0 Å². The number of hydrogen-bond donors (Lipinski definition) is 0. The molecule has 85 valence electrons. The van der Waals surface area contributed by atoms with E-state index in [1.165, 1.54) is 0 Å². The van der Waals surface area contributed by atoms with E-state index in [0.29, 0.717) is 0 Å². The summed E-state index contributed by atoms with van der Waals surface area (Å²) in [6.07, 6.45) is -19.3. The predicted molar refractivity (Wildman–Crippen MR) is 26.0 cm³/mol. The van der Waals surface area contributed by atoms with Crippen molar-refractivity contribution in [3.05, 3.63) is 6.42 Å². The SMILES string of the molecule is FC(F)(F)[CH]C(C(F)(F)F)C(F)(F)F. The van der Waals surface area contributed by atoms with Crippen LogP contribution in [0.2, 0.25) is 0 Å². The maximum absolute atomic E-state index is 11.5. The fraction of sp³-hybridized carbons (Fsp3) is 0.800. The van der Waals surface area contributed by atoms with Crippen LogP contribution in [0.3, 0.4) is 0 Å². The Balaban J connectivity index is 4.78. The van der Waals surface area contributed by atoms with Crippen molar-refractivity contribution in [2.75, 3.05) is 0 Å². The van der Waals surface area contributed by atoms with Crippen molar-refractivity contribution < 1.29 is 39.5 Å². The molecule has 0 bridgehead atoms. The zero-order valence-electron chi connectivity index (χ0n) is 6.06. The Labute approximate surface area is 71.7 Å². The molecule has 0 aliphatic carbocycles. The molecule has 14 heavy (non-hydrogen) atoms. The highest BCUT2D eigenvalue weighted by molar-refractivity contribution is 4.92. The first-order valence-corrected chi connectivity index (χ1v) is 2.90. The largest absolute Gasteiger partial charge is 0.401 e. The minimum absolute atomic E-state index is 1.73. The zero-order chi connectivity index (χ0) is 11.8. The van der Waals surface area contributed by atoms with Gasteiger partial charge in [-0.3, -0.25) is 0 Å². The summed E-state index contributed by atoms with van der Waals surface area (Å²) < 4.78 is 103. The lowest BCUT2D eigenvalue weighted by Crippen LogP contribution is -2.40. The molecule has 0 atom stereocenters. The van der Waals surface area contributed by atoms with Crippen LogP contribution in [0.4, 0.5) is 39.5 Å². The molecule has 0 saturated heterocycles. The summed E-state index contributed by atoms with van der Waals surface area (Å²) in [5, 5.41) is 0. The fourth-order valence-corrected chi connectivity index (χ4v) is 0.564. The van der Waals surface area contributed by atoms with Crippen molar-refractivity contribution >= 4 is 0 Å². The summed E-state index contributed by atoms with van der Waals surface area (Å²) in [6.45, 7) is 0. The van der Waals surface area contributed by atoms with Crippen LogP contribution in [0.5, 0.6) is 0 Å². The Morgan fingerprint density at radius 3 is 1.00 bits per heavy atom. The fourth-order valence-electron chi connectivity index (χ4n) is 0.564. The zero-order valence-corrected chi connectivity index (χ0v) is 6.06. The molecule has 0 aliphatic rings. The molecular formula is C5H2F9. The molecule has 0 saturated carbocycles. The summed E-state index contributed by atoms with van der Waals surface area (Å²) in [5.74, 6) is -4.48. The Morgan fingerprint density at radius 2 is 0.929 bits per heavy atom. The van der Waals surface area contributed by atoms with Gasteiger partial charge in [0.15, 0.2) is 5.92 Å². The van der Waals surface area contributed by atoms with Crippen LogP contribution in [0.25, 0.3) is 0 Å². The third-order valence-corrected chi connectivity index (χ3v) is 1.06. The molecule has 9 heteroatoms. The van der Waals surface area contributed by atoms with Gasteiger partial charge in [0.2, 0.25) is 0 Å². The van der Waals surface area contributed by atoms with Crippen LogP contribution in [0, 0.1) is 12.3 Å². The first-order valence-electron chi connectivity index (χ1n) is 2.90. The second kappa shape index (κ2) is 3.50. The Bertz CT molecular complexity index is 167. The topological polar surface area (TPSA) is 0 Å². The van der Waals surface area contributed by atoms with E-state index >= 15 is 0 Å². The van der Waals surface area contributed by atoms with Crippen molar-refractivity contribution in [2.24, 2.45) is 5.92 Å². The number of rotatable bonds is 1. The monoisotopic (exact) mass is 233 g/mol. The first-order chi connectivity index (χ1) is 5.84. The van der Waals surface area contributed by atoms with Crippen LogP contribution in [0.1, 0.15) is 0 Å². The lowest BCUT2D eigenvalue weighted by Gasteiger charge is -2.23. The van der Waals surface area contributed by atoms with Crippen molar-refractivity contribution in [1.29, 1.82) is 0 Å². The molecule has 0 rings (SSSR count). The lowest BCUT2D eigenvalue weighted by atomic mass is 10.0. The highest BCUT2D eigenvalue weighted by Crippen LogP contribution is 2.44. The van der Waals surface area contributed by atoms with E-state index in [1.807, 2.05) is 0 Å². The third-order valence-electron chi connectivity index (χ3n) is 1.06. The van der Waals surface area contributed by atoms with Crippen molar-refractivity contribution in [2.45, 2.75) is 18.5 Å². The van der Waals surface area contributed by atoms with Crippen molar-refractivity contribution in [3.8, 4) is 0 Å². The van der Waals surface area contributed by atoms with Crippen LogP contribution in [0.15, 0.2) is 0 Å². The van der Waals surface area contributed by atoms with Crippen molar-refractivity contribution in [3.63, 3.8) is 0 Å². The molecule has 0 aromatic rings. The highest BCUT2D eigenvalue weighted by Gasteiger charge is 2.60. The smallest absolute Gasteiger partial charge is 0.171 e. The molecule has 0 aliphatic heterocycles. The summed E-state index contributed by atoms with van der Waals surface area (Å²) in [4.78, 5) is 0. The molecule has 0 nitrogen and oxygen atoms in total. The quantitative estimate of drug-likeness (QED) is 0.608. The molecule has 0 fully saturated rings. The minimum atomic E-state index is -5.99. The maximum atomic E-state index is 11.5. The van der Waals surface area contributed by atoms with Gasteiger partial charge in [0.25, 0.3) is 0 Å². The van der Waals surface area contributed by atoms with Gasteiger partial charge in [-0.15, -0.1) is 0 Å². The van der Waals surface area contributed by atoms with E-state index < -0.39 is 30.9 Å². The van der Waals surface area contributed by atoms with Crippen LogP contribution < -0.4 is 0 Å². The molecule has 0 unspecified atom stereocenters. The average Bonchev–Trinajstić information content (AvgIpc) is 1.75. The van der Waals surface area contributed by atoms with E-state index in [9.17, 15) is 39.5 Å². The Hall–Kier alpha value is -0.630. The second-order valence-corrected chi connectivity index (χ2v) is 2.27. The second-order valence-electron chi connectivity index (χ2n) is 2.27. The first kappa shape index (κ1) is 13.4. The van der Waals surface area contributed by atoms with E-state index in [2.05, 4.69) is 0 Å². The molecule has 0 spiro atoms. The van der Waals surface area contributed by atoms with Gasteiger partial charge >= 0.3 is 18.5 Å². The van der Waals surface area contributed by atoms with Gasteiger partial charge in [0.05, 0.1) is 6.42 Å². The van der Waals surface area contributed by atoms with Gasteiger partial charge < -0.3 is 0 Å². The van der Waals surface area contributed by atoms with Gasteiger partial charge in [-0.1, -0.05) is 0 Å². The van der Waals surface area contributed by atoms with Gasteiger partial charge in [-0.05, 0) is 0 Å². The normalized spacial score (nSPS) is 15.0. The molecule has 0 amide bonds. The number of halogens is 9. The molecule has 0 heterocycles.